The molecule has 0 spiro atoms. The van der Waals surface area contributed by atoms with E-state index in [9.17, 15) is 9.59 Å². The fraction of sp³-hybridized carbons (Fsp3) is 0.529. The zero-order valence-electron chi connectivity index (χ0n) is 13.4. The van der Waals surface area contributed by atoms with Gasteiger partial charge in [0.2, 0.25) is 0 Å². The third-order valence-electron chi connectivity index (χ3n) is 4.17. The van der Waals surface area contributed by atoms with Crippen LogP contribution in [0.1, 0.15) is 43.5 Å². The van der Waals surface area contributed by atoms with Gasteiger partial charge in [0, 0.05) is 0 Å². The van der Waals surface area contributed by atoms with Crippen LogP contribution in [0.15, 0.2) is 24.3 Å². The van der Waals surface area contributed by atoms with Crippen LogP contribution in [0.3, 0.4) is 0 Å². The lowest BCUT2D eigenvalue weighted by Gasteiger charge is -2.29. The van der Waals surface area contributed by atoms with Gasteiger partial charge in [-0.3, -0.25) is 4.79 Å². The van der Waals surface area contributed by atoms with E-state index in [1.165, 1.54) is 24.2 Å². The third kappa shape index (κ3) is 4.31. The summed E-state index contributed by atoms with van der Waals surface area (Å²) < 4.78 is 5.02. The first-order chi connectivity index (χ1) is 10.6. The van der Waals surface area contributed by atoms with Crippen LogP contribution in [0, 0.1) is 0 Å². The predicted octanol–water partition coefficient (Wildman–Crippen LogP) is 1.26. The molecule has 0 bridgehead atoms. The van der Waals surface area contributed by atoms with Gasteiger partial charge in [-0.2, -0.15) is 0 Å². The Hall–Kier alpha value is -1.88. The molecule has 2 N–H and O–H groups in total. The lowest BCUT2D eigenvalue weighted by Crippen LogP contribution is -3.17. The molecular formula is C17H25N2O3+. The number of hydrogen-bond donors (Lipinski definition) is 2. The van der Waals surface area contributed by atoms with Gasteiger partial charge in [-0.1, -0.05) is 12.1 Å². The molecule has 1 aliphatic rings. The van der Waals surface area contributed by atoms with E-state index >= 15 is 0 Å². The Morgan fingerprint density at radius 2 is 2.09 bits per heavy atom. The Labute approximate surface area is 131 Å². The van der Waals surface area contributed by atoms with Crippen LogP contribution in [0.5, 0.6) is 0 Å². The molecule has 1 aromatic rings. The highest BCUT2D eigenvalue weighted by atomic mass is 16.5. The van der Waals surface area contributed by atoms with Crippen LogP contribution < -0.4 is 10.2 Å². The van der Waals surface area contributed by atoms with Crippen LogP contribution in [0.25, 0.3) is 0 Å². The number of ether oxygens (including phenoxy) is 1. The quantitative estimate of drug-likeness (QED) is 0.805. The van der Waals surface area contributed by atoms with Gasteiger partial charge >= 0.3 is 5.97 Å². The van der Waals surface area contributed by atoms with Gasteiger partial charge in [0.15, 0.2) is 6.54 Å². The molecule has 0 aliphatic carbocycles. The van der Waals surface area contributed by atoms with Crippen molar-refractivity contribution in [1.29, 1.82) is 0 Å². The summed E-state index contributed by atoms with van der Waals surface area (Å²) in [6.45, 7) is 5.75. The summed E-state index contributed by atoms with van der Waals surface area (Å²) in [5.41, 5.74) is 0.925. The number of esters is 1. The molecule has 1 amide bonds. The number of rotatable bonds is 5. The molecule has 2 atom stereocenters. The van der Waals surface area contributed by atoms with E-state index in [0.29, 0.717) is 30.4 Å². The topological polar surface area (TPSA) is 59.8 Å². The molecule has 5 heteroatoms. The number of piperidine rings is 1. The molecule has 0 aromatic heterocycles. The molecule has 22 heavy (non-hydrogen) atoms. The summed E-state index contributed by atoms with van der Waals surface area (Å²) in [7, 11) is 0. The zero-order chi connectivity index (χ0) is 15.9. The Bertz CT molecular complexity index is 530. The zero-order valence-corrected chi connectivity index (χ0v) is 13.4. The van der Waals surface area contributed by atoms with Crippen molar-refractivity contribution in [2.24, 2.45) is 0 Å². The maximum Gasteiger partial charge on any atom is 0.340 e. The standard InChI is InChI=1S/C17H24N2O3/c1-3-22-17(21)14-9-4-5-10-15(14)18-16(20)12-19-11-7-6-8-13(19)2/h4-5,9-10,13H,3,6-8,11-12H2,1-2H3,(H,18,20)/p+1/t13-/m1/s1. The van der Waals surface area contributed by atoms with Crippen LogP contribution in [-0.4, -0.2) is 37.6 Å². The van der Waals surface area contributed by atoms with Crippen molar-refractivity contribution in [2.75, 3.05) is 25.0 Å². The first-order valence-corrected chi connectivity index (χ1v) is 8.02. The van der Waals surface area contributed by atoms with Gasteiger partial charge in [-0.05, 0) is 45.2 Å². The summed E-state index contributed by atoms with van der Waals surface area (Å²) in [5, 5.41) is 2.86. The Balaban J connectivity index is 2.00. The SMILES string of the molecule is CCOC(=O)c1ccccc1NC(=O)C[NH+]1CCCC[C@H]1C. The van der Waals surface area contributed by atoms with E-state index in [2.05, 4.69) is 12.2 Å². The van der Waals surface area contributed by atoms with Crippen LogP contribution in [0.2, 0.25) is 0 Å². The number of hydrogen-bond acceptors (Lipinski definition) is 3. The van der Waals surface area contributed by atoms with E-state index in [1.807, 2.05) is 0 Å². The molecule has 1 saturated heterocycles. The number of quaternary nitrogens is 1. The normalized spacial score (nSPS) is 21.2. The molecular weight excluding hydrogens is 280 g/mol. The number of nitrogens with one attached hydrogen (secondary N) is 2. The second-order valence-electron chi connectivity index (χ2n) is 5.80. The van der Waals surface area contributed by atoms with Crippen molar-refractivity contribution < 1.29 is 19.2 Å². The monoisotopic (exact) mass is 305 g/mol. The van der Waals surface area contributed by atoms with Gasteiger partial charge in [-0.15, -0.1) is 0 Å². The predicted molar refractivity (Wildman–Crippen MR) is 85.0 cm³/mol. The second kappa shape index (κ2) is 7.94. The van der Waals surface area contributed by atoms with Gasteiger partial charge < -0.3 is 15.0 Å². The Morgan fingerprint density at radius 3 is 2.82 bits per heavy atom. The fourth-order valence-electron chi connectivity index (χ4n) is 2.90. The number of benzene rings is 1. The lowest BCUT2D eigenvalue weighted by atomic mass is 10.0. The first-order valence-electron chi connectivity index (χ1n) is 8.02. The van der Waals surface area contributed by atoms with Crippen molar-refractivity contribution in [3.63, 3.8) is 0 Å². The van der Waals surface area contributed by atoms with Crippen LogP contribution >= 0.6 is 0 Å². The minimum atomic E-state index is -0.405. The van der Waals surface area contributed by atoms with Gasteiger partial charge in [0.05, 0.1) is 30.4 Å². The summed E-state index contributed by atoms with van der Waals surface area (Å²) in [6.07, 6.45) is 3.59. The summed E-state index contributed by atoms with van der Waals surface area (Å²) in [4.78, 5) is 25.5. The molecule has 5 nitrogen and oxygen atoms in total. The summed E-state index contributed by atoms with van der Waals surface area (Å²) >= 11 is 0. The molecule has 1 aromatic carbocycles. The van der Waals surface area contributed by atoms with E-state index in [1.54, 1.807) is 31.2 Å². The average Bonchev–Trinajstić information content (AvgIpc) is 2.50. The highest BCUT2D eigenvalue weighted by Crippen LogP contribution is 2.16. The van der Waals surface area contributed by atoms with Gasteiger partial charge in [0.25, 0.3) is 5.91 Å². The lowest BCUT2D eigenvalue weighted by molar-refractivity contribution is -0.920. The van der Waals surface area contributed by atoms with Crippen molar-refractivity contribution in [2.45, 2.75) is 39.2 Å². The molecule has 2 rings (SSSR count). The second-order valence-corrected chi connectivity index (χ2v) is 5.80. The highest BCUT2D eigenvalue weighted by Gasteiger charge is 2.24. The number of para-hydroxylation sites is 1. The minimum Gasteiger partial charge on any atom is -0.462 e. The molecule has 0 saturated carbocycles. The maximum atomic E-state index is 12.3. The molecule has 1 fully saturated rings. The van der Waals surface area contributed by atoms with Crippen molar-refractivity contribution >= 4 is 17.6 Å². The molecule has 1 aliphatic heterocycles. The van der Waals surface area contributed by atoms with E-state index < -0.39 is 5.97 Å². The molecule has 0 radical (unpaired) electrons. The van der Waals surface area contributed by atoms with Gasteiger partial charge in [0.1, 0.15) is 0 Å². The minimum absolute atomic E-state index is 0.0551. The van der Waals surface area contributed by atoms with Crippen LogP contribution in [0.4, 0.5) is 5.69 Å². The summed E-state index contributed by atoms with van der Waals surface area (Å²) in [5.74, 6) is -0.461. The Morgan fingerprint density at radius 1 is 1.32 bits per heavy atom. The van der Waals surface area contributed by atoms with E-state index in [0.717, 1.165) is 6.54 Å². The summed E-state index contributed by atoms with van der Waals surface area (Å²) in [6, 6.07) is 7.48. The largest absolute Gasteiger partial charge is 0.462 e. The highest BCUT2D eigenvalue weighted by molar-refractivity contribution is 6.01. The van der Waals surface area contributed by atoms with E-state index in [-0.39, 0.29) is 5.91 Å². The average molecular weight is 305 g/mol. The van der Waals surface area contributed by atoms with Gasteiger partial charge in [-0.25, -0.2) is 4.79 Å². The number of likely N-dealkylation sites (tertiary alicyclic amines) is 1. The first kappa shape index (κ1) is 16.5. The third-order valence-corrected chi connectivity index (χ3v) is 4.17. The number of carbonyl (C=O) groups excluding carboxylic acids is 2. The molecule has 120 valence electrons. The van der Waals surface area contributed by atoms with E-state index in [4.69, 9.17) is 4.74 Å². The number of carbonyl (C=O) groups is 2. The molecule has 1 heterocycles. The van der Waals surface area contributed by atoms with Crippen molar-refractivity contribution in [1.82, 2.24) is 0 Å². The van der Waals surface area contributed by atoms with Crippen molar-refractivity contribution in [3.05, 3.63) is 29.8 Å². The number of amides is 1. The Kier molecular flexibility index (Phi) is 5.95. The maximum absolute atomic E-state index is 12.3. The molecule has 1 unspecified atom stereocenters. The van der Waals surface area contributed by atoms with Crippen molar-refractivity contribution in [3.8, 4) is 0 Å². The fourth-order valence-corrected chi connectivity index (χ4v) is 2.90. The number of anilines is 1. The van der Waals surface area contributed by atoms with Crippen LogP contribution in [-0.2, 0) is 9.53 Å². The smallest absolute Gasteiger partial charge is 0.340 e.